The van der Waals surface area contributed by atoms with Crippen molar-refractivity contribution in [3.63, 3.8) is 0 Å². The number of carbonyl (C=O) groups is 1. The molecule has 0 aliphatic carbocycles. The standard InChI is InChI=1S/C10H10BrN3OS/c1-14-6-7(4-13-14)10(15)12-5-9-8(11)2-3-16-9/h2-4,6H,5H2,1H3,(H,12,15). The molecule has 0 saturated carbocycles. The predicted molar refractivity (Wildman–Crippen MR) is 66.4 cm³/mol. The van der Waals surface area contributed by atoms with Gasteiger partial charge in [0.25, 0.3) is 5.91 Å². The van der Waals surface area contributed by atoms with Crippen molar-refractivity contribution in [2.75, 3.05) is 0 Å². The summed E-state index contributed by atoms with van der Waals surface area (Å²) in [7, 11) is 1.78. The van der Waals surface area contributed by atoms with E-state index < -0.39 is 0 Å². The van der Waals surface area contributed by atoms with Crippen molar-refractivity contribution < 1.29 is 4.79 Å². The molecule has 0 saturated heterocycles. The van der Waals surface area contributed by atoms with E-state index in [1.807, 2.05) is 11.4 Å². The molecule has 0 aliphatic rings. The lowest BCUT2D eigenvalue weighted by molar-refractivity contribution is 0.0951. The molecule has 2 heterocycles. The van der Waals surface area contributed by atoms with Gasteiger partial charge in [0.2, 0.25) is 0 Å². The van der Waals surface area contributed by atoms with E-state index in [2.05, 4.69) is 26.3 Å². The number of rotatable bonds is 3. The molecule has 2 aromatic heterocycles. The van der Waals surface area contributed by atoms with Gasteiger partial charge >= 0.3 is 0 Å². The van der Waals surface area contributed by atoms with Gasteiger partial charge in [-0.25, -0.2) is 0 Å². The monoisotopic (exact) mass is 299 g/mol. The number of aryl methyl sites for hydroxylation is 1. The van der Waals surface area contributed by atoms with Crippen molar-refractivity contribution in [2.24, 2.45) is 7.05 Å². The second kappa shape index (κ2) is 4.80. The number of carbonyl (C=O) groups excluding carboxylic acids is 1. The largest absolute Gasteiger partial charge is 0.347 e. The maximum atomic E-state index is 11.7. The van der Waals surface area contributed by atoms with E-state index in [0.29, 0.717) is 12.1 Å². The first-order chi connectivity index (χ1) is 7.66. The van der Waals surface area contributed by atoms with Crippen LogP contribution >= 0.6 is 27.3 Å². The Labute approximate surface area is 105 Å². The number of hydrogen-bond donors (Lipinski definition) is 1. The number of halogens is 1. The van der Waals surface area contributed by atoms with Gasteiger partial charge < -0.3 is 5.32 Å². The molecule has 0 radical (unpaired) electrons. The summed E-state index contributed by atoms with van der Waals surface area (Å²) in [5.41, 5.74) is 0.579. The van der Waals surface area contributed by atoms with Crippen molar-refractivity contribution in [2.45, 2.75) is 6.54 Å². The number of aromatic nitrogens is 2. The second-order valence-corrected chi connectivity index (χ2v) is 5.13. The zero-order valence-corrected chi connectivity index (χ0v) is 11.0. The molecule has 0 bridgehead atoms. The van der Waals surface area contributed by atoms with Crippen LogP contribution in [0, 0.1) is 0 Å². The van der Waals surface area contributed by atoms with Gasteiger partial charge in [0.1, 0.15) is 0 Å². The summed E-state index contributed by atoms with van der Waals surface area (Å²) in [6.07, 6.45) is 3.25. The molecule has 0 spiro atoms. The number of nitrogens with zero attached hydrogens (tertiary/aromatic N) is 2. The highest BCUT2D eigenvalue weighted by Crippen LogP contribution is 2.22. The minimum absolute atomic E-state index is 0.103. The Morgan fingerprint density at radius 1 is 1.69 bits per heavy atom. The van der Waals surface area contributed by atoms with Crippen LogP contribution in [-0.2, 0) is 13.6 Å². The molecule has 16 heavy (non-hydrogen) atoms. The number of nitrogens with one attached hydrogen (secondary N) is 1. The highest BCUT2D eigenvalue weighted by Gasteiger charge is 2.08. The van der Waals surface area contributed by atoms with Crippen molar-refractivity contribution >= 4 is 33.2 Å². The maximum Gasteiger partial charge on any atom is 0.254 e. The van der Waals surface area contributed by atoms with Crippen LogP contribution in [0.15, 0.2) is 28.3 Å². The molecule has 0 unspecified atom stereocenters. The number of amides is 1. The predicted octanol–water partition coefficient (Wildman–Crippen LogP) is 2.17. The van der Waals surface area contributed by atoms with Crippen LogP contribution in [0.2, 0.25) is 0 Å². The molecule has 84 valence electrons. The molecule has 1 amide bonds. The third kappa shape index (κ3) is 2.51. The first-order valence-corrected chi connectivity index (χ1v) is 6.33. The van der Waals surface area contributed by atoms with Crippen molar-refractivity contribution in [1.29, 1.82) is 0 Å². The van der Waals surface area contributed by atoms with Crippen molar-refractivity contribution in [3.8, 4) is 0 Å². The topological polar surface area (TPSA) is 46.9 Å². The zero-order chi connectivity index (χ0) is 11.5. The van der Waals surface area contributed by atoms with Gasteiger partial charge in [-0.3, -0.25) is 9.48 Å². The summed E-state index contributed by atoms with van der Waals surface area (Å²) < 4.78 is 2.64. The Kier molecular flexibility index (Phi) is 3.40. The van der Waals surface area contributed by atoms with Gasteiger partial charge in [-0.15, -0.1) is 11.3 Å². The third-order valence-corrected chi connectivity index (χ3v) is 3.99. The summed E-state index contributed by atoms with van der Waals surface area (Å²) in [6, 6.07) is 1.97. The van der Waals surface area contributed by atoms with Gasteiger partial charge in [-0.05, 0) is 27.4 Å². The van der Waals surface area contributed by atoms with Crippen molar-refractivity contribution in [3.05, 3.63) is 38.8 Å². The Hall–Kier alpha value is -1.14. The van der Waals surface area contributed by atoms with Crippen LogP contribution in [0.3, 0.4) is 0 Å². The van der Waals surface area contributed by atoms with E-state index in [-0.39, 0.29) is 5.91 Å². The second-order valence-electron chi connectivity index (χ2n) is 3.28. The van der Waals surface area contributed by atoms with Crippen molar-refractivity contribution in [1.82, 2.24) is 15.1 Å². The molecule has 4 nitrogen and oxygen atoms in total. The fraction of sp³-hybridized carbons (Fsp3) is 0.200. The fourth-order valence-corrected chi connectivity index (χ4v) is 2.68. The van der Waals surface area contributed by atoms with E-state index in [4.69, 9.17) is 0 Å². The minimum atomic E-state index is -0.103. The number of thiophene rings is 1. The van der Waals surface area contributed by atoms with Crippen LogP contribution in [0.25, 0.3) is 0 Å². The lowest BCUT2D eigenvalue weighted by atomic mass is 10.3. The van der Waals surface area contributed by atoms with Crippen LogP contribution < -0.4 is 5.32 Å². The van der Waals surface area contributed by atoms with Gasteiger partial charge in [0.05, 0.1) is 18.3 Å². The molecule has 2 rings (SSSR count). The van der Waals surface area contributed by atoms with Gasteiger partial charge in [-0.1, -0.05) is 0 Å². The molecule has 0 atom stereocenters. The van der Waals surface area contributed by atoms with Crippen LogP contribution in [-0.4, -0.2) is 15.7 Å². The van der Waals surface area contributed by atoms with E-state index in [9.17, 15) is 4.79 Å². The maximum absolute atomic E-state index is 11.7. The van der Waals surface area contributed by atoms with E-state index >= 15 is 0 Å². The molecule has 0 fully saturated rings. The molecule has 6 heteroatoms. The summed E-state index contributed by atoms with van der Waals surface area (Å²) in [6.45, 7) is 0.534. The lowest BCUT2D eigenvalue weighted by Crippen LogP contribution is -2.21. The molecule has 0 aliphatic heterocycles. The fourth-order valence-electron chi connectivity index (χ4n) is 1.25. The summed E-state index contributed by atoms with van der Waals surface area (Å²) in [5.74, 6) is -0.103. The molecule has 2 aromatic rings. The van der Waals surface area contributed by atoms with E-state index in [1.165, 1.54) is 0 Å². The van der Waals surface area contributed by atoms with Crippen LogP contribution in [0.1, 0.15) is 15.2 Å². The Morgan fingerprint density at radius 3 is 3.06 bits per heavy atom. The summed E-state index contributed by atoms with van der Waals surface area (Å²) in [5, 5.41) is 8.77. The molecule has 1 N–H and O–H groups in total. The summed E-state index contributed by atoms with van der Waals surface area (Å²) >= 11 is 5.03. The minimum Gasteiger partial charge on any atom is -0.347 e. The smallest absolute Gasteiger partial charge is 0.254 e. The first kappa shape index (κ1) is 11.3. The zero-order valence-electron chi connectivity index (χ0n) is 8.61. The van der Waals surface area contributed by atoms with Crippen LogP contribution in [0.4, 0.5) is 0 Å². The Balaban J connectivity index is 1.96. The van der Waals surface area contributed by atoms with Gasteiger partial charge in [0.15, 0.2) is 0 Å². The van der Waals surface area contributed by atoms with E-state index in [1.54, 1.807) is 35.5 Å². The average molecular weight is 300 g/mol. The quantitative estimate of drug-likeness (QED) is 0.944. The normalized spacial score (nSPS) is 10.4. The SMILES string of the molecule is Cn1cc(C(=O)NCc2sccc2Br)cn1. The van der Waals surface area contributed by atoms with Gasteiger partial charge in [-0.2, -0.15) is 5.10 Å². The molecular formula is C10H10BrN3OS. The number of hydrogen-bond acceptors (Lipinski definition) is 3. The Bertz CT molecular complexity index is 506. The van der Waals surface area contributed by atoms with E-state index in [0.717, 1.165) is 9.35 Å². The first-order valence-electron chi connectivity index (χ1n) is 4.65. The van der Waals surface area contributed by atoms with Crippen LogP contribution in [0.5, 0.6) is 0 Å². The third-order valence-electron chi connectivity index (χ3n) is 2.07. The lowest BCUT2D eigenvalue weighted by Gasteiger charge is -2.01. The van der Waals surface area contributed by atoms with Gasteiger partial charge in [0, 0.05) is 22.6 Å². The molecule has 0 aromatic carbocycles. The highest BCUT2D eigenvalue weighted by molar-refractivity contribution is 9.10. The highest BCUT2D eigenvalue weighted by atomic mass is 79.9. The summed E-state index contributed by atoms with van der Waals surface area (Å²) in [4.78, 5) is 12.8. The Morgan fingerprint density at radius 2 is 2.50 bits per heavy atom. The molecular weight excluding hydrogens is 290 g/mol. The average Bonchev–Trinajstić information content (AvgIpc) is 2.84.